The second-order valence-corrected chi connectivity index (χ2v) is 7.24. The predicted octanol–water partition coefficient (Wildman–Crippen LogP) is 0.503. The number of hydrogen-bond donors (Lipinski definition) is 1. The molecule has 17 heavy (non-hydrogen) atoms. The zero-order chi connectivity index (χ0) is 13.1. The molecule has 1 rings (SSSR count). The molecule has 0 spiro atoms. The van der Waals surface area contributed by atoms with Gasteiger partial charge in [0.05, 0.1) is 0 Å². The van der Waals surface area contributed by atoms with Gasteiger partial charge in [0.15, 0.2) is 0 Å². The molecule has 102 valence electrons. The number of nitrogens with zero attached hydrogens (tertiary/aromatic N) is 2. The van der Waals surface area contributed by atoms with Crippen LogP contribution in [0.4, 0.5) is 0 Å². The van der Waals surface area contributed by atoms with Crippen LogP contribution in [-0.4, -0.2) is 56.8 Å². The first-order valence-electron chi connectivity index (χ1n) is 6.25. The van der Waals surface area contributed by atoms with E-state index in [9.17, 15) is 8.42 Å². The van der Waals surface area contributed by atoms with Crippen molar-refractivity contribution < 1.29 is 8.42 Å². The van der Waals surface area contributed by atoms with Gasteiger partial charge in [-0.25, -0.2) is 0 Å². The van der Waals surface area contributed by atoms with Gasteiger partial charge in [0.2, 0.25) is 0 Å². The van der Waals surface area contributed by atoms with Crippen molar-refractivity contribution in [2.45, 2.75) is 32.7 Å². The first-order chi connectivity index (χ1) is 7.85. The lowest BCUT2D eigenvalue weighted by Gasteiger charge is -2.33. The van der Waals surface area contributed by atoms with E-state index in [1.165, 1.54) is 4.31 Å². The van der Waals surface area contributed by atoms with Crippen molar-refractivity contribution >= 4 is 10.2 Å². The van der Waals surface area contributed by atoms with Crippen LogP contribution in [0.2, 0.25) is 0 Å². The first-order valence-corrected chi connectivity index (χ1v) is 7.65. The van der Waals surface area contributed by atoms with Gasteiger partial charge in [-0.3, -0.25) is 0 Å². The standard InChI is InChI=1S/C11H25N3O2S/c1-10(2)14(17(15,16)13(3)4)9-11-5-7-12-8-6-11/h10-12H,5-9H2,1-4H3. The van der Waals surface area contributed by atoms with Gasteiger partial charge in [-0.15, -0.1) is 0 Å². The van der Waals surface area contributed by atoms with Crippen LogP contribution in [0.3, 0.4) is 0 Å². The van der Waals surface area contributed by atoms with Crippen molar-refractivity contribution in [3.8, 4) is 0 Å². The van der Waals surface area contributed by atoms with E-state index in [1.807, 2.05) is 13.8 Å². The Balaban J connectivity index is 2.72. The number of rotatable bonds is 5. The highest BCUT2D eigenvalue weighted by Crippen LogP contribution is 2.18. The fourth-order valence-electron chi connectivity index (χ4n) is 2.10. The monoisotopic (exact) mass is 263 g/mol. The second-order valence-electron chi connectivity index (χ2n) is 5.15. The lowest BCUT2D eigenvalue weighted by molar-refractivity contribution is 0.250. The summed E-state index contributed by atoms with van der Waals surface area (Å²) in [6.07, 6.45) is 2.12. The molecule has 0 atom stereocenters. The third-order valence-electron chi connectivity index (χ3n) is 3.23. The highest BCUT2D eigenvalue weighted by Gasteiger charge is 2.29. The van der Waals surface area contributed by atoms with Crippen LogP contribution in [0.25, 0.3) is 0 Å². The molecule has 0 radical (unpaired) electrons. The van der Waals surface area contributed by atoms with Crippen molar-refractivity contribution in [2.24, 2.45) is 5.92 Å². The molecule has 1 N–H and O–H groups in total. The van der Waals surface area contributed by atoms with Gasteiger partial charge in [-0.2, -0.15) is 17.0 Å². The van der Waals surface area contributed by atoms with Crippen LogP contribution in [-0.2, 0) is 10.2 Å². The average molecular weight is 263 g/mol. The summed E-state index contributed by atoms with van der Waals surface area (Å²) in [6, 6.07) is 0.0114. The molecule has 0 aromatic heterocycles. The molecule has 1 aliphatic heterocycles. The van der Waals surface area contributed by atoms with Gasteiger partial charge >= 0.3 is 0 Å². The largest absolute Gasteiger partial charge is 0.317 e. The summed E-state index contributed by atoms with van der Waals surface area (Å²) in [4.78, 5) is 0. The lowest BCUT2D eigenvalue weighted by Crippen LogP contribution is -2.47. The van der Waals surface area contributed by atoms with Crippen LogP contribution in [0.1, 0.15) is 26.7 Å². The van der Waals surface area contributed by atoms with E-state index < -0.39 is 10.2 Å². The Hall–Kier alpha value is -0.170. The van der Waals surface area contributed by atoms with Crippen molar-refractivity contribution in [3.63, 3.8) is 0 Å². The molecule has 1 aliphatic rings. The summed E-state index contributed by atoms with van der Waals surface area (Å²) in [6.45, 7) is 6.50. The second kappa shape index (κ2) is 6.13. The van der Waals surface area contributed by atoms with E-state index >= 15 is 0 Å². The quantitative estimate of drug-likeness (QED) is 0.786. The van der Waals surface area contributed by atoms with E-state index in [1.54, 1.807) is 18.4 Å². The molecular formula is C11H25N3O2S. The van der Waals surface area contributed by atoms with E-state index in [4.69, 9.17) is 0 Å². The topological polar surface area (TPSA) is 52.7 Å². The third kappa shape index (κ3) is 3.91. The van der Waals surface area contributed by atoms with Gasteiger partial charge in [-0.05, 0) is 45.7 Å². The maximum Gasteiger partial charge on any atom is 0.281 e. The van der Waals surface area contributed by atoms with Crippen LogP contribution in [0.5, 0.6) is 0 Å². The molecule has 0 bridgehead atoms. The summed E-state index contributed by atoms with van der Waals surface area (Å²) in [5, 5.41) is 3.30. The number of hydrogen-bond acceptors (Lipinski definition) is 3. The summed E-state index contributed by atoms with van der Waals surface area (Å²) < 4.78 is 27.3. The minimum Gasteiger partial charge on any atom is -0.317 e. The van der Waals surface area contributed by atoms with E-state index in [0.29, 0.717) is 12.5 Å². The molecule has 1 heterocycles. The summed E-state index contributed by atoms with van der Waals surface area (Å²) in [5.41, 5.74) is 0. The summed E-state index contributed by atoms with van der Waals surface area (Å²) in [5.74, 6) is 0.480. The van der Waals surface area contributed by atoms with E-state index in [2.05, 4.69) is 5.32 Å². The van der Waals surface area contributed by atoms with Crippen LogP contribution >= 0.6 is 0 Å². The molecule has 0 unspecified atom stereocenters. The Morgan fingerprint density at radius 2 is 1.76 bits per heavy atom. The molecule has 1 fully saturated rings. The third-order valence-corrected chi connectivity index (χ3v) is 5.32. The van der Waals surface area contributed by atoms with Crippen molar-refractivity contribution in [3.05, 3.63) is 0 Å². The SMILES string of the molecule is CC(C)N(CC1CCNCC1)S(=O)(=O)N(C)C. The van der Waals surface area contributed by atoms with Crippen LogP contribution in [0, 0.1) is 5.92 Å². The molecule has 6 heteroatoms. The average Bonchev–Trinajstić information content (AvgIpc) is 2.26. The Morgan fingerprint density at radius 1 is 1.24 bits per heavy atom. The van der Waals surface area contributed by atoms with Gasteiger partial charge in [0.25, 0.3) is 10.2 Å². The van der Waals surface area contributed by atoms with Crippen molar-refractivity contribution in [1.29, 1.82) is 0 Å². The Morgan fingerprint density at radius 3 is 2.18 bits per heavy atom. The van der Waals surface area contributed by atoms with E-state index in [-0.39, 0.29) is 6.04 Å². The fraction of sp³-hybridized carbons (Fsp3) is 1.00. The lowest BCUT2D eigenvalue weighted by atomic mass is 9.98. The van der Waals surface area contributed by atoms with E-state index in [0.717, 1.165) is 25.9 Å². The Labute approximate surface area is 105 Å². The molecule has 5 nitrogen and oxygen atoms in total. The fourth-order valence-corrected chi connectivity index (χ4v) is 3.45. The zero-order valence-corrected chi connectivity index (χ0v) is 12.1. The molecule has 0 saturated carbocycles. The van der Waals surface area contributed by atoms with Crippen LogP contribution in [0.15, 0.2) is 0 Å². The molecule has 0 amide bonds. The Bertz CT molecular complexity index is 322. The van der Waals surface area contributed by atoms with Crippen LogP contribution < -0.4 is 5.32 Å². The predicted molar refractivity (Wildman–Crippen MR) is 70.0 cm³/mol. The van der Waals surface area contributed by atoms with Gasteiger partial charge in [0, 0.05) is 26.7 Å². The number of nitrogens with one attached hydrogen (secondary N) is 1. The van der Waals surface area contributed by atoms with Crippen molar-refractivity contribution in [1.82, 2.24) is 13.9 Å². The minimum atomic E-state index is -3.29. The van der Waals surface area contributed by atoms with Crippen molar-refractivity contribution in [2.75, 3.05) is 33.7 Å². The number of piperidine rings is 1. The molecule has 0 aromatic carbocycles. The normalized spacial score (nSPS) is 19.5. The summed E-state index contributed by atoms with van der Waals surface area (Å²) in [7, 11) is -0.111. The highest BCUT2D eigenvalue weighted by molar-refractivity contribution is 7.86. The smallest absolute Gasteiger partial charge is 0.281 e. The molecule has 0 aromatic rings. The van der Waals surface area contributed by atoms with Gasteiger partial charge in [0.1, 0.15) is 0 Å². The zero-order valence-electron chi connectivity index (χ0n) is 11.3. The summed E-state index contributed by atoms with van der Waals surface area (Å²) >= 11 is 0. The first kappa shape index (κ1) is 14.9. The Kier molecular flexibility index (Phi) is 5.37. The maximum absolute atomic E-state index is 12.2. The molecular weight excluding hydrogens is 238 g/mol. The molecule has 0 aliphatic carbocycles. The minimum absolute atomic E-state index is 0.0114. The van der Waals surface area contributed by atoms with Gasteiger partial charge < -0.3 is 5.32 Å². The highest BCUT2D eigenvalue weighted by atomic mass is 32.2. The maximum atomic E-state index is 12.2. The molecule has 1 saturated heterocycles. The van der Waals surface area contributed by atoms with Gasteiger partial charge in [-0.1, -0.05) is 0 Å².